The molecule has 0 saturated heterocycles. The van der Waals surface area contributed by atoms with E-state index in [2.05, 4.69) is 63.8 Å². The fourth-order valence-electron chi connectivity index (χ4n) is 4.75. The van der Waals surface area contributed by atoms with Crippen molar-refractivity contribution in [2.45, 2.75) is 52.6 Å². The van der Waals surface area contributed by atoms with Crippen molar-refractivity contribution in [2.24, 2.45) is 5.41 Å². The summed E-state index contributed by atoms with van der Waals surface area (Å²) in [7, 11) is 0. The Morgan fingerprint density at radius 2 is 1.72 bits per heavy atom. The Hall–Kier alpha value is -5.16. The van der Waals surface area contributed by atoms with Gasteiger partial charge in [-0.05, 0) is 49.1 Å². The van der Waals surface area contributed by atoms with Crippen molar-refractivity contribution in [2.75, 3.05) is 17.2 Å². The lowest BCUT2D eigenvalue weighted by atomic mass is 9.96. The van der Waals surface area contributed by atoms with Crippen LogP contribution in [0.2, 0.25) is 0 Å². The summed E-state index contributed by atoms with van der Waals surface area (Å²) in [4.78, 5) is 8.91. The first-order chi connectivity index (χ1) is 20.4. The maximum atomic E-state index is 13.9. The summed E-state index contributed by atoms with van der Waals surface area (Å²) in [5.41, 5.74) is 2.53. The molecule has 0 amide bonds. The van der Waals surface area contributed by atoms with E-state index < -0.39 is 18.0 Å². The molecule has 0 aliphatic rings. The van der Waals surface area contributed by atoms with Crippen LogP contribution >= 0.6 is 0 Å². The summed E-state index contributed by atoms with van der Waals surface area (Å²) in [6, 6.07) is 16.7. The minimum Gasteiger partial charge on any atom is -0.383 e. The van der Waals surface area contributed by atoms with Gasteiger partial charge in [0.1, 0.15) is 23.4 Å². The summed E-state index contributed by atoms with van der Waals surface area (Å²) < 4.78 is 28.9. The van der Waals surface area contributed by atoms with Crippen LogP contribution in [0.1, 0.15) is 63.0 Å². The molecule has 218 valence electrons. The summed E-state index contributed by atoms with van der Waals surface area (Å²) in [5.74, 6) is 0. The molecule has 0 radical (unpaired) electrons. The number of anilines is 2. The van der Waals surface area contributed by atoms with Crippen molar-refractivity contribution in [1.82, 2.24) is 25.0 Å². The third-order valence-corrected chi connectivity index (χ3v) is 7.24. The molecule has 0 bridgehead atoms. The zero-order chi connectivity index (χ0) is 30.9. The van der Waals surface area contributed by atoms with E-state index in [-0.39, 0.29) is 5.41 Å². The van der Waals surface area contributed by atoms with Crippen LogP contribution in [-0.4, -0.2) is 37.9 Å². The molecule has 43 heavy (non-hydrogen) atoms. The fourth-order valence-corrected chi connectivity index (χ4v) is 4.75. The number of benzene rings is 2. The standard InChI is InChI=1S/C32H31F2N9/c1-31(2,3)18-39-28-20(15-36)16-38-27-19(14-35)12-21(13-24(27)28)40-29(23-8-6-10-25-22(23)9-7-11-37-25)26-17-43(42-41-26)32(4,5)30(33)34/h6-13,16-17,29-30,40H,18H2,1-5H3,(H,38,39)/t29-/m0/s1. The second kappa shape index (κ2) is 11.3. The molecule has 0 aliphatic carbocycles. The quantitative estimate of drug-likeness (QED) is 0.206. The third kappa shape index (κ3) is 5.80. The van der Waals surface area contributed by atoms with Crippen LogP contribution in [0.5, 0.6) is 0 Å². The second-order valence-electron chi connectivity index (χ2n) is 12.1. The second-order valence-corrected chi connectivity index (χ2v) is 12.1. The molecule has 0 aliphatic heterocycles. The highest BCUT2D eigenvalue weighted by Gasteiger charge is 2.34. The number of nitrogens with one attached hydrogen (secondary N) is 2. The average Bonchev–Trinajstić information content (AvgIpc) is 3.48. The maximum Gasteiger partial charge on any atom is 0.262 e. The first-order valence-corrected chi connectivity index (χ1v) is 13.7. The Labute approximate surface area is 248 Å². The highest BCUT2D eigenvalue weighted by atomic mass is 19.3. The van der Waals surface area contributed by atoms with Crippen molar-refractivity contribution in [1.29, 1.82) is 10.5 Å². The Balaban J connectivity index is 1.69. The number of hydrogen-bond donors (Lipinski definition) is 2. The van der Waals surface area contributed by atoms with Crippen LogP contribution in [0.3, 0.4) is 0 Å². The number of halogens is 2. The summed E-state index contributed by atoms with van der Waals surface area (Å²) in [6.45, 7) is 9.61. The molecule has 0 fully saturated rings. The molecule has 1 atom stereocenters. The monoisotopic (exact) mass is 579 g/mol. The number of hydrogen-bond acceptors (Lipinski definition) is 8. The molecule has 9 nitrogen and oxygen atoms in total. The van der Waals surface area contributed by atoms with Gasteiger partial charge in [-0.2, -0.15) is 10.5 Å². The molecule has 11 heteroatoms. The molecular formula is C32H31F2N9. The number of fused-ring (bicyclic) bond motifs is 2. The number of rotatable bonds is 8. The Kier molecular flexibility index (Phi) is 7.68. The molecule has 0 spiro atoms. The molecule has 2 N–H and O–H groups in total. The average molecular weight is 580 g/mol. The Bertz CT molecular complexity index is 1890. The molecule has 3 heterocycles. The smallest absolute Gasteiger partial charge is 0.262 e. The predicted octanol–water partition coefficient (Wildman–Crippen LogP) is 6.78. The van der Waals surface area contributed by atoms with E-state index in [9.17, 15) is 19.3 Å². The lowest BCUT2D eigenvalue weighted by molar-refractivity contribution is 0.0191. The van der Waals surface area contributed by atoms with Gasteiger partial charge >= 0.3 is 0 Å². The van der Waals surface area contributed by atoms with Crippen LogP contribution in [0.4, 0.5) is 20.2 Å². The van der Waals surface area contributed by atoms with Crippen molar-refractivity contribution in [3.8, 4) is 12.1 Å². The number of aromatic nitrogens is 5. The topological polar surface area (TPSA) is 128 Å². The maximum absolute atomic E-state index is 13.9. The lowest BCUT2D eigenvalue weighted by Crippen LogP contribution is -2.34. The van der Waals surface area contributed by atoms with Crippen LogP contribution in [0.15, 0.2) is 61.1 Å². The van der Waals surface area contributed by atoms with Gasteiger partial charge in [-0.3, -0.25) is 9.97 Å². The first kappa shape index (κ1) is 29.3. The summed E-state index contributed by atoms with van der Waals surface area (Å²) in [6.07, 6.45) is 2.01. The lowest BCUT2D eigenvalue weighted by Gasteiger charge is -2.24. The number of alkyl halides is 2. The number of nitriles is 2. The minimum atomic E-state index is -2.67. The molecule has 0 unspecified atom stereocenters. The largest absolute Gasteiger partial charge is 0.383 e. The van der Waals surface area contributed by atoms with Gasteiger partial charge in [0.05, 0.1) is 40.1 Å². The molecule has 5 rings (SSSR count). The van der Waals surface area contributed by atoms with Gasteiger partial charge in [0.15, 0.2) is 0 Å². The van der Waals surface area contributed by atoms with Crippen molar-refractivity contribution in [3.05, 3.63) is 83.4 Å². The predicted molar refractivity (Wildman–Crippen MR) is 162 cm³/mol. The number of nitrogens with zero attached hydrogens (tertiary/aromatic N) is 7. The van der Waals surface area contributed by atoms with E-state index in [1.807, 2.05) is 36.4 Å². The van der Waals surface area contributed by atoms with E-state index in [1.165, 1.54) is 30.9 Å². The number of pyridine rings is 2. The summed E-state index contributed by atoms with van der Waals surface area (Å²) >= 11 is 0. The van der Waals surface area contributed by atoms with E-state index >= 15 is 0 Å². The van der Waals surface area contributed by atoms with Crippen LogP contribution in [0.25, 0.3) is 21.8 Å². The van der Waals surface area contributed by atoms with Gasteiger partial charge in [-0.25, -0.2) is 13.5 Å². The highest BCUT2D eigenvalue weighted by Crippen LogP contribution is 2.36. The highest BCUT2D eigenvalue weighted by molar-refractivity contribution is 5.99. The summed E-state index contributed by atoms with van der Waals surface area (Å²) in [5, 5.41) is 36.6. The van der Waals surface area contributed by atoms with E-state index in [0.717, 1.165) is 16.5 Å². The van der Waals surface area contributed by atoms with Gasteiger partial charge < -0.3 is 10.6 Å². The van der Waals surface area contributed by atoms with Gasteiger partial charge in [0, 0.05) is 35.4 Å². The molecule has 2 aromatic carbocycles. The minimum absolute atomic E-state index is 0.0818. The van der Waals surface area contributed by atoms with Gasteiger partial charge in [0.2, 0.25) is 0 Å². The molecule has 3 aromatic heterocycles. The Morgan fingerprint density at radius 3 is 2.42 bits per heavy atom. The van der Waals surface area contributed by atoms with E-state index in [4.69, 9.17) is 0 Å². The van der Waals surface area contributed by atoms with E-state index in [1.54, 1.807) is 12.3 Å². The normalized spacial score (nSPS) is 12.7. The zero-order valence-electron chi connectivity index (χ0n) is 24.5. The zero-order valence-corrected chi connectivity index (χ0v) is 24.5. The van der Waals surface area contributed by atoms with Gasteiger partial charge in [-0.15, -0.1) is 5.10 Å². The Morgan fingerprint density at radius 1 is 0.953 bits per heavy atom. The van der Waals surface area contributed by atoms with Crippen LogP contribution in [-0.2, 0) is 5.54 Å². The molecule has 0 saturated carbocycles. The van der Waals surface area contributed by atoms with E-state index in [0.29, 0.717) is 45.6 Å². The van der Waals surface area contributed by atoms with Gasteiger partial charge in [-0.1, -0.05) is 44.2 Å². The van der Waals surface area contributed by atoms with Crippen molar-refractivity contribution in [3.63, 3.8) is 0 Å². The van der Waals surface area contributed by atoms with Crippen LogP contribution < -0.4 is 10.6 Å². The fraction of sp³-hybridized carbons (Fsp3) is 0.312. The van der Waals surface area contributed by atoms with Gasteiger partial charge in [0.25, 0.3) is 6.43 Å². The third-order valence-electron chi connectivity index (χ3n) is 7.24. The first-order valence-electron chi connectivity index (χ1n) is 13.7. The SMILES string of the molecule is CC(C)(C)CNc1c(C#N)cnc2c(C#N)cc(N[C@H](c3cn(C(C)(C)C(F)F)nn3)c3cccc4ncccc34)cc12. The van der Waals surface area contributed by atoms with Crippen LogP contribution in [0, 0.1) is 28.1 Å². The van der Waals surface area contributed by atoms with Crippen molar-refractivity contribution < 1.29 is 8.78 Å². The van der Waals surface area contributed by atoms with Crippen molar-refractivity contribution >= 4 is 33.2 Å². The molecule has 5 aromatic rings. The molecular weight excluding hydrogens is 548 g/mol.